The van der Waals surface area contributed by atoms with Crippen LogP contribution in [0.2, 0.25) is 5.02 Å². The fourth-order valence-corrected chi connectivity index (χ4v) is 1.57. The van der Waals surface area contributed by atoms with E-state index in [-0.39, 0.29) is 23.8 Å². The van der Waals surface area contributed by atoms with Crippen LogP contribution in [0.15, 0.2) is 41.0 Å². The zero-order valence-electron chi connectivity index (χ0n) is 8.81. The standard InChI is InChI=1S/C12H10ClNO3/c13-11-4-3-8(15)6-10(11)12(16)14-7-9-2-1-5-17-9/h1-6,15H,7H2,(H,14,16). The lowest BCUT2D eigenvalue weighted by atomic mass is 10.2. The Kier molecular flexibility index (Phi) is 3.35. The number of amides is 1. The van der Waals surface area contributed by atoms with Crippen molar-refractivity contribution in [3.63, 3.8) is 0 Å². The number of carbonyl (C=O) groups excluding carboxylic acids is 1. The molecule has 5 heteroatoms. The van der Waals surface area contributed by atoms with Crippen LogP contribution in [0.5, 0.6) is 5.75 Å². The predicted molar refractivity (Wildman–Crippen MR) is 63.0 cm³/mol. The van der Waals surface area contributed by atoms with Gasteiger partial charge in [-0.25, -0.2) is 0 Å². The van der Waals surface area contributed by atoms with Crippen LogP contribution in [0, 0.1) is 0 Å². The molecule has 0 saturated heterocycles. The number of nitrogens with one attached hydrogen (secondary N) is 1. The lowest BCUT2D eigenvalue weighted by molar-refractivity contribution is 0.0948. The van der Waals surface area contributed by atoms with Gasteiger partial charge in [0, 0.05) is 0 Å². The number of halogens is 1. The van der Waals surface area contributed by atoms with E-state index in [1.807, 2.05) is 0 Å². The topological polar surface area (TPSA) is 62.5 Å². The normalized spacial score (nSPS) is 10.2. The number of carbonyl (C=O) groups is 1. The van der Waals surface area contributed by atoms with E-state index in [1.165, 1.54) is 24.5 Å². The van der Waals surface area contributed by atoms with Crippen LogP contribution in [0.3, 0.4) is 0 Å². The van der Waals surface area contributed by atoms with Gasteiger partial charge >= 0.3 is 0 Å². The summed E-state index contributed by atoms with van der Waals surface area (Å²) in [7, 11) is 0. The van der Waals surface area contributed by atoms with Gasteiger partial charge in [0.25, 0.3) is 5.91 Å². The first kappa shape index (κ1) is 11.5. The first-order chi connectivity index (χ1) is 8.16. The van der Waals surface area contributed by atoms with E-state index in [1.54, 1.807) is 12.1 Å². The van der Waals surface area contributed by atoms with Crippen LogP contribution >= 0.6 is 11.6 Å². The molecule has 1 amide bonds. The summed E-state index contributed by atoms with van der Waals surface area (Å²) >= 11 is 5.86. The quantitative estimate of drug-likeness (QED) is 0.881. The predicted octanol–water partition coefficient (Wildman–Crippen LogP) is 2.57. The summed E-state index contributed by atoms with van der Waals surface area (Å²) in [6, 6.07) is 7.71. The smallest absolute Gasteiger partial charge is 0.253 e. The molecular formula is C12H10ClNO3. The maximum Gasteiger partial charge on any atom is 0.253 e. The van der Waals surface area contributed by atoms with Crippen molar-refractivity contribution in [2.75, 3.05) is 0 Å². The molecule has 0 spiro atoms. The molecular weight excluding hydrogens is 242 g/mol. The molecule has 0 aliphatic rings. The van der Waals surface area contributed by atoms with Crippen molar-refractivity contribution in [2.45, 2.75) is 6.54 Å². The summed E-state index contributed by atoms with van der Waals surface area (Å²) in [5.74, 6) is 0.287. The van der Waals surface area contributed by atoms with Crippen molar-refractivity contribution in [2.24, 2.45) is 0 Å². The lowest BCUT2D eigenvalue weighted by Crippen LogP contribution is -2.22. The molecule has 88 valence electrons. The third-order valence-electron chi connectivity index (χ3n) is 2.20. The molecule has 0 fully saturated rings. The first-order valence-electron chi connectivity index (χ1n) is 4.96. The van der Waals surface area contributed by atoms with E-state index >= 15 is 0 Å². The largest absolute Gasteiger partial charge is 0.508 e. The minimum absolute atomic E-state index is 0.00227. The number of phenols is 1. The zero-order chi connectivity index (χ0) is 12.3. The minimum atomic E-state index is -0.359. The van der Waals surface area contributed by atoms with Crippen molar-refractivity contribution in [1.82, 2.24) is 5.32 Å². The fraction of sp³-hybridized carbons (Fsp3) is 0.0833. The van der Waals surface area contributed by atoms with E-state index in [2.05, 4.69) is 5.32 Å². The van der Waals surface area contributed by atoms with Gasteiger partial charge in [-0.15, -0.1) is 0 Å². The number of hydrogen-bond acceptors (Lipinski definition) is 3. The highest BCUT2D eigenvalue weighted by Crippen LogP contribution is 2.21. The highest BCUT2D eigenvalue weighted by molar-refractivity contribution is 6.33. The SMILES string of the molecule is O=C(NCc1ccco1)c1cc(O)ccc1Cl. The minimum Gasteiger partial charge on any atom is -0.508 e. The summed E-state index contributed by atoms with van der Waals surface area (Å²) in [6.45, 7) is 0.276. The average Bonchev–Trinajstić information content (AvgIpc) is 2.82. The van der Waals surface area contributed by atoms with E-state index in [9.17, 15) is 9.90 Å². The summed E-state index contributed by atoms with van der Waals surface area (Å²) in [5, 5.41) is 12.2. The molecule has 0 aliphatic carbocycles. The Labute approximate surface area is 103 Å². The number of benzene rings is 1. The second-order valence-corrected chi connectivity index (χ2v) is 3.83. The van der Waals surface area contributed by atoms with E-state index in [4.69, 9.17) is 16.0 Å². The third kappa shape index (κ3) is 2.79. The Hall–Kier alpha value is -1.94. The van der Waals surface area contributed by atoms with Crippen molar-refractivity contribution < 1.29 is 14.3 Å². The molecule has 17 heavy (non-hydrogen) atoms. The van der Waals surface area contributed by atoms with Crippen molar-refractivity contribution in [1.29, 1.82) is 0 Å². The van der Waals surface area contributed by atoms with Gasteiger partial charge in [0.2, 0.25) is 0 Å². The maximum absolute atomic E-state index is 11.8. The van der Waals surface area contributed by atoms with Crippen molar-refractivity contribution in [3.05, 3.63) is 52.9 Å². The molecule has 2 N–H and O–H groups in total. The molecule has 0 bridgehead atoms. The molecule has 0 aliphatic heterocycles. The summed E-state index contributed by atoms with van der Waals surface area (Å²) in [5.41, 5.74) is 0.234. The number of rotatable bonds is 3. The van der Waals surface area contributed by atoms with Crippen LogP contribution in [-0.4, -0.2) is 11.0 Å². The molecule has 0 saturated carbocycles. The van der Waals surface area contributed by atoms with Gasteiger partial charge in [-0.1, -0.05) is 11.6 Å². The molecule has 1 heterocycles. The molecule has 0 atom stereocenters. The molecule has 4 nitrogen and oxygen atoms in total. The van der Waals surface area contributed by atoms with Crippen LogP contribution in [-0.2, 0) is 6.54 Å². The maximum atomic E-state index is 11.8. The Morgan fingerprint density at radius 2 is 2.24 bits per heavy atom. The van der Waals surface area contributed by atoms with Crippen molar-refractivity contribution >= 4 is 17.5 Å². The van der Waals surface area contributed by atoms with Gasteiger partial charge < -0.3 is 14.8 Å². The number of hydrogen-bond donors (Lipinski definition) is 2. The van der Waals surface area contributed by atoms with E-state index in [0.717, 1.165) is 0 Å². The van der Waals surface area contributed by atoms with Crippen LogP contribution < -0.4 is 5.32 Å². The van der Waals surface area contributed by atoms with Gasteiger partial charge in [-0.2, -0.15) is 0 Å². The zero-order valence-corrected chi connectivity index (χ0v) is 9.57. The van der Waals surface area contributed by atoms with Gasteiger partial charge in [0.05, 0.1) is 23.4 Å². The van der Waals surface area contributed by atoms with Crippen molar-refractivity contribution in [3.8, 4) is 5.75 Å². The van der Waals surface area contributed by atoms with Gasteiger partial charge in [0.1, 0.15) is 11.5 Å². The van der Waals surface area contributed by atoms with E-state index in [0.29, 0.717) is 10.8 Å². The van der Waals surface area contributed by atoms with Gasteiger partial charge in [-0.3, -0.25) is 4.79 Å². The number of aromatic hydroxyl groups is 1. The molecule has 1 aromatic heterocycles. The first-order valence-corrected chi connectivity index (χ1v) is 5.33. The highest BCUT2D eigenvalue weighted by atomic mass is 35.5. The molecule has 1 aromatic carbocycles. The Morgan fingerprint density at radius 3 is 2.94 bits per heavy atom. The lowest BCUT2D eigenvalue weighted by Gasteiger charge is -2.05. The molecule has 0 radical (unpaired) electrons. The number of furan rings is 1. The van der Waals surface area contributed by atoms with Gasteiger partial charge in [-0.05, 0) is 30.3 Å². The Balaban J connectivity index is 2.07. The highest BCUT2D eigenvalue weighted by Gasteiger charge is 2.11. The summed E-state index contributed by atoms with van der Waals surface area (Å²) in [6.07, 6.45) is 1.53. The monoisotopic (exact) mass is 251 g/mol. The van der Waals surface area contributed by atoms with Crippen LogP contribution in [0.4, 0.5) is 0 Å². The van der Waals surface area contributed by atoms with E-state index < -0.39 is 0 Å². The van der Waals surface area contributed by atoms with Crippen LogP contribution in [0.25, 0.3) is 0 Å². The number of phenolic OH excluding ortho intramolecular Hbond substituents is 1. The second kappa shape index (κ2) is 4.93. The molecule has 2 aromatic rings. The Bertz CT molecular complexity index is 523. The fourth-order valence-electron chi connectivity index (χ4n) is 1.36. The molecule has 2 rings (SSSR count). The Morgan fingerprint density at radius 1 is 1.41 bits per heavy atom. The van der Waals surface area contributed by atoms with Gasteiger partial charge in [0.15, 0.2) is 0 Å². The summed E-state index contributed by atoms with van der Waals surface area (Å²) < 4.78 is 5.08. The summed E-state index contributed by atoms with van der Waals surface area (Å²) in [4.78, 5) is 11.8. The molecule has 0 unspecified atom stereocenters. The second-order valence-electron chi connectivity index (χ2n) is 3.43. The van der Waals surface area contributed by atoms with Crippen LogP contribution in [0.1, 0.15) is 16.1 Å². The average molecular weight is 252 g/mol. The third-order valence-corrected chi connectivity index (χ3v) is 2.53.